The van der Waals surface area contributed by atoms with E-state index in [0.717, 1.165) is 25.0 Å². The summed E-state index contributed by atoms with van der Waals surface area (Å²) in [5.74, 6) is -0.0579. The molecule has 0 aliphatic heterocycles. The van der Waals surface area contributed by atoms with Crippen molar-refractivity contribution in [3.63, 3.8) is 0 Å². The number of aryl methyl sites for hydroxylation is 1. The summed E-state index contributed by atoms with van der Waals surface area (Å²) >= 11 is 0. The van der Waals surface area contributed by atoms with Gasteiger partial charge in [0.15, 0.2) is 0 Å². The number of benzene rings is 2. The average Bonchev–Trinajstić information content (AvgIpc) is 2.54. The Labute approximate surface area is 171 Å². The van der Waals surface area contributed by atoms with Crippen molar-refractivity contribution < 1.29 is 52.4 Å². The molecule has 0 aromatic heterocycles. The minimum Gasteiger partial charge on any atom is -0.872 e. The normalized spacial score (nSPS) is 11.0. The average molecular weight is 372 g/mol. The van der Waals surface area contributed by atoms with Crippen LogP contribution in [-0.2, 0) is 16.5 Å². The molecule has 1 N–H and O–H groups in total. The molecule has 0 spiro atoms. The summed E-state index contributed by atoms with van der Waals surface area (Å²) < 4.78 is 36.9. The van der Waals surface area contributed by atoms with Crippen molar-refractivity contribution in [3.8, 4) is 17.2 Å². The maximum absolute atomic E-state index is 11.5. The number of rotatable bonds is 8. The van der Waals surface area contributed by atoms with E-state index >= 15 is 0 Å². The quantitative estimate of drug-likeness (QED) is 0.423. The van der Waals surface area contributed by atoms with Crippen LogP contribution in [0, 0.1) is 0 Å². The van der Waals surface area contributed by atoms with Crippen LogP contribution in [0.2, 0.25) is 0 Å². The van der Waals surface area contributed by atoms with E-state index in [-0.39, 0.29) is 35.3 Å². The predicted octanol–water partition coefficient (Wildman–Crippen LogP) is 0.926. The van der Waals surface area contributed by atoms with Crippen molar-refractivity contribution in [2.45, 2.75) is 43.9 Å². The van der Waals surface area contributed by atoms with Gasteiger partial charge in [-0.25, -0.2) is 0 Å². The molecular formula is C18H21NaO5S. The van der Waals surface area contributed by atoms with Gasteiger partial charge in [-0.1, -0.05) is 50.1 Å². The summed E-state index contributed by atoms with van der Waals surface area (Å²) in [5, 5.41) is 11.5. The Balaban J connectivity index is 0.00000312. The van der Waals surface area contributed by atoms with Crippen molar-refractivity contribution in [1.82, 2.24) is 0 Å². The third-order valence-electron chi connectivity index (χ3n) is 3.67. The fraction of sp³-hybridized carbons (Fsp3) is 0.333. The molecule has 0 bridgehead atoms. The van der Waals surface area contributed by atoms with Crippen LogP contribution in [0.3, 0.4) is 0 Å². The summed E-state index contributed by atoms with van der Waals surface area (Å²) in [5.41, 5.74) is 1.21. The topological polar surface area (TPSA) is 86.7 Å². The first kappa shape index (κ1) is 22.0. The first-order valence-electron chi connectivity index (χ1n) is 7.95. The van der Waals surface area contributed by atoms with Gasteiger partial charge in [0.25, 0.3) is 10.1 Å². The molecule has 0 radical (unpaired) electrons. The van der Waals surface area contributed by atoms with Crippen molar-refractivity contribution >= 4 is 10.1 Å². The Hall–Kier alpha value is -1.05. The molecule has 0 fully saturated rings. The second-order valence-electron chi connectivity index (χ2n) is 5.64. The molecule has 0 saturated carbocycles. The van der Waals surface area contributed by atoms with Gasteiger partial charge >= 0.3 is 29.6 Å². The van der Waals surface area contributed by atoms with E-state index in [1.807, 2.05) is 12.1 Å². The second kappa shape index (κ2) is 10.2. The van der Waals surface area contributed by atoms with Crippen molar-refractivity contribution in [3.05, 3.63) is 48.0 Å². The molecule has 5 nitrogen and oxygen atoms in total. The van der Waals surface area contributed by atoms with Gasteiger partial charge in [0.05, 0.1) is 4.90 Å². The molecule has 0 amide bonds. The van der Waals surface area contributed by atoms with Crippen LogP contribution < -0.4 is 39.4 Å². The molecule has 0 atom stereocenters. The second-order valence-corrected chi connectivity index (χ2v) is 7.03. The fourth-order valence-corrected chi connectivity index (χ4v) is 2.96. The predicted molar refractivity (Wildman–Crippen MR) is 90.1 cm³/mol. The first-order valence-corrected chi connectivity index (χ1v) is 9.39. The third-order valence-corrected chi connectivity index (χ3v) is 4.55. The summed E-state index contributed by atoms with van der Waals surface area (Å²) in [6, 6.07) is 11.0. The standard InChI is InChI=1S/C18H22O5S.Na/c1-2-3-4-5-6-14-7-9-15(10-8-14)23-16-11-12-17(19)18(13-16)24(20,21)22;/h7-13,19H,2-6H2,1H3,(H,20,21,22);/q;+1/p-1. The van der Waals surface area contributed by atoms with Gasteiger partial charge in [0, 0.05) is 6.07 Å². The van der Waals surface area contributed by atoms with Crippen LogP contribution in [-0.4, -0.2) is 13.0 Å². The van der Waals surface area contributed by atoms with Gasteiger partial charge in [-0.3, -0.25) is 4.55 Å². The number of hydrogen-bond acceptors (Lipinski definition) is 4. The Bertz CT molecular complexity index is 773. The van der Waals surface area contributed by atoms with Gasteiger partial charge in [-0.2, -0.15) is 8.42 Å². The van der Waals surface area contributed by atoms with Gasteiger partial charge in [0.1, 0.15) is 11.5 Å². The summed E-state index contributed by atoms with van der Waals surface area (Å²) in [4.78, 5) is -0.687. The number of ether oxygens (including phenoxy) is 1. The molecule has 7 heteroatoms. The van der Waals surface area contributed by atoms with Crippen LogP contribution in [0.4, 0.5) is 0 Å². The molecule has 0 unspecified atom stereocenters. The van der Waals surface area contributed by atoms with E-state index in [1.54, 1.807) is 12.1 Å². The third kappa shape index (κ3) is 6.99. The zero-order chi connectivity index (χ0) is 17.6. The van der Waals surface area contributed by atoms with Gasteiger partial charge in [-0.15, -0.1) is 0 Å². The molecular weight excluding hydrogens is 351 g/mol. The van der Waals surface area contributed by atoms with Gasteiger partial charge in [0.2, 0.25) is 0 Å². The first-order chi connectivity index (χ1) is 11.4. The monoisotopic (exact) mass is 372 g/mol. The van der Waals surface area contributed by atoms with Crippen LogP contribution in [0.15, 0.2) is 47.4 Å². The van der Waals surface area contributed by atoms with Gasteiger partial charge in [-0.05, 0) is 36.6 Å². The maximum Gasteiger partial charge on any atom is 1.00 e. The van der Waals surface area contributed by atoms with E-state index < -0.39 is 20.8 Å². The summed E-state index contributed by atoms with van der Waals surface area (Å²) in [7, 11) is -4.56. The molecule has 0 saturated heterocycles. The smallest absolute Gasteiger partial charge is 0.872 e. The molecule has 130 valence electrons. The van der Waals surface area contributed by atoms with Crippen LogP contribution in [0.5, 0.6) is 17.2 Å². The zero-order valence-corrected chi connectivity index (χ0v) is 17.4. The van der Waals surface area contributed by atoms with E-state index in [9.17, 15) is 13.5 Å². The van der Waals surface area contributed by atoms with E-state index in [1.165, 1.54) is 30.9 Å². The molecule has 2 rings (SSSR count). The Kier molecular flexibility index (Phi) is 8.96. The fourth-order valence-electron chi connectivity index (χ4n) is 2.37. The van der Waals surface area contributed by atoms with Crippen molar-refractivity contribution in [2.75, 3.05) is 0 Å². The molecule has 0 aliphatic rings. The molecule has 2 aromatic carbocycles. The van der Waals surface area contributed by atoms with E-state index in [2.05, 4.69) is 6.92 Å². The van der Waals surface area contributed by atoms with Crippen LogP contribution >= 0.6 is 0 Å². The Morgan fingerprint density at radius 1 is 1.00 bits per heavy atom. The van der Waals surface area contributed by atoms with Crippen LogP contribution in [0.1, 0.15) is 38.2 Å². The SMILES string of the molecule is CCCCCCc1ccc(Oc2ccc([O-])c(S(=O)(=O)O)c2)cc1.[Na+]. The van der Waals surface area contributed by atoms with Gasteiger partial charge < -0.3 is 9.84 Å². The number of unbranched alkanes of at least 4 members (excludes halogenated alkanes) is 3. The minimum atomic E-state index is -4.56. The van der Waals surface area contributed by atoms with Crippen LogP contribution in [0.25, 0.3) is 0 Å². The van der Waals surface area contributed by atoms with E-state index in [0.29, 0.717) is 5.75 Å². The molecule has 0 heterocycles. The number of hydrogen-bond donors (Lipinski definition) is 1. The molecule has 0 aliphatic carbocycles. The summed E-state index contributed by atoms with van der Waals surface area (Å²) in [6.07, 6.45) is 5.83. The molecule has 25 heavy (non-hydrogen) atoms. The Morgan fingerprint density at radius 2 is 1.64 bits per heavy atom. The minimum absolute atomic E-state index is 0. The van der Waals surface area contributed by atoms with Crippen molar-refractivity contribution in [1.29, 1.82) is 0 Å². The Morgan fingerprint density at radius 3 is 2.24 bits per heavy atom. The largest absolute Gasteiger partial charge is 1.00 e. The van der Waals surface area contributed by atoms with E-state index in [4.69, 9.17) is 9.29 Å². The molecule has 2 aromatic rings. The van der Waals surface area contributed by atoms with Crippen molar-refractivity contribution in [2.24, 2.45) is 0 Å². The zero-order valence-electron chi connectivity index (χ0n) is 14.6. The summed E-state index contributed by atoms with van der Waals surface area (Å²) in [6.45, 7) is 2.18. The maximum atomic E-state index is 11.5.